The molecule has 1 heteroatoms. The van der Waals surface area contributed by atoms with Crippen molar-refractivity contribution in [3.63, 3.8) is 0 Å². The first-order valence-corrected chi connectivity index (χ1v) is 25.2. The van der Waals surface area contributed by atoms with Gasteiger partial charge in [0.1, 0.15) is 0 Å². The Labute approximate surface area is 379 Å². The average molecular weight is 841 g/mol. The third-order valence-corrected chi connectivity index (χ3v) is 18.1. The van der Waals surface area contributed by atoms with E-state index in [1.54, 1.807) is 0 Å². The minimum Gasteiger partial charge on any atom is -0.192 e. The topological polar surface area (TPSA) is 0 Å². The molecule has 0 saturated carbocycles. The molecule has 1 aliphatic heterocycles. The lowest BCUT2D eigenvalue weighted by Crippen LogP contribution is -2.16. The van der Waals surface area contributed by atoms with Crippen LogP contribution in [0.1, 0.15) is 56.9 Å². The van der Waals surface area contributed by atoms with Crippen molar-refractivity contribution in [3.05, 3.63) is 210 Å². The maximum absolute atomic E-state index is 4.32. The molecule has 0 nitrogen and oxygen atoms in total. The predicted octanol–water partition coefficient (Wildman–Crippen LogP) is 17.7. The second kappa shape index (κ2) is 13.7. The van der Waals surface area contributed by atoms with E-state index in [2.05, 4.69) is 230 Å². The molecule has 0 spiro atoms. The van der Waals surface area contributed by atoms with Gasteiger partial charge in [-0.05, 0) is 183 Å². The summed E-state index contributed by atoms with van der Waals surface area (Å²) in [7, 11) is -1.29. The van der Waals surface area contributed by atoms with Gasteiger partial charge in [-0.1, -0.05) is 168 Å². The molecule has 0 amide bonds. The van der Waals surface area contributed by atoms with Crippen LogP contribution < -0.4 is 0 Å². The molecule has 0 bridgehead atoms. The van der Waals surface area contributed by atoms with Crippen LogP contribution in [0.3, 0.4) is 0 Å². The summed E-state index contributed by atoms with van der Waals surface area (Å²) >= 11 is 0. The van der Waals surface area contributed by atoms with E-state index in [0.717, 1.165) is 0 Å². The molecule has 3 aliphatic rings. The molecule has 12 rings (SSSR count). The summed E-state index contributed by atoms with van der Waals surface area (Å²) < 4.78 is 0. The van der Waals surface area contributed by atoms with Crippen molar-refractivity contribution in [2.24, 2.45) is 0 Å². The van der Waals surface area contributed by atoms with Gasteiger partial charge in [0.15, 0.2) is 0 Å². The average Bonchev–Trinajstić information content (AvgIpc) is 3.78. The molecule has 0 fully saturated rings. The molecule has 310 valence electrons. The van der Waals surface area contributed by atoms with Gasteiger partial charge in [-0.2, -0.15) is 10.0 Å². The van der Waals surface area contributed by atoms with E-state index in [1.807, 2.05) is 0 Å². The van der Waals surface area contributed by atoms with Crippen molar-refractivity contribution in [1.29, 1.82) is 0 Å². The maximum Gasteiger partial charge on any atom is 0.0159 e. The highest BCUT2D eigenvalue weighted by atomic mass is 32.3. The molecule has 0 atom stereocenters. The van der Waals surface area contributed by atoms with E-state index in [0.29, 0.717) is 0 Å². The predicted molar refractivity (Wildman–Crippen MR) is 279 cm³/mol. The number of hydrogen-bond acceptors (Lipinski definition) is 0. The lowest BCUT2D eigenvalue weighted by atomic mass is 9.78. The van der Waals surface area contributed by atoms with Crippen LogP contribution in [-0.2, 0) is 10.8 Å². The van der Waals surface area contributed by atoms with E-state index < -0.39 is 10.0 Å². The van der Waals surface area contributed by atoms with Crippen LogP contribution in [0.4, 0.5) is 0 Å². The summed E-state index contributed by atoms with van der Waals surface area (Å²) in [5.74, 6) is 0. The Bertz CT molecular complexity index is 3600. The second-order valence-corrected chi connectivity index (χ2v) is 23.2. The summed E-state index contributed by atoms with van der Waals surface area (Å²) in [4.78, 5) is 2.95. The van der Waals surface area contributed by atoms with Crippen molar-refractivity contribution in [2.45, 2.75) is 55.2 Å². The molecule has 64 heavy (non-hydrogen) atoms. The third kappa shape index (κ3) is 5.31. The van der Waals surface area contributed by atoms with E-state index in [9.17, 15) is 0 Å². The first-order valence-electron chi connectivity index (χ1n) is 22.7. The van der Waals surface area contributed by atoms with Gasteiger partial charge >= 0.3 is 0 Å². The Balaban J connectivity index is 1.22. The molecule has 0 radical (unpaired) electrons. The minimum atomic E-state index is -1.29. The molecule has 0 aromatic heterocycles. The van der Waals surface area contributed by atoms with Gasteiger partial charge in [-0.25, -0.2) is 0 Å². The lowest BCUT2D eigenvalue weighted by molar-refractivity contribution is 0.655. The Kier molecular flexibility index (Phi) is 8.32. The number of allylic oxidation sites excluding steroid dienone is 5. The first kappa shape index (κ1) is 39.0. The fourth-order valence-electron chi connectivity index (χ4n) is 12.0. The zero-order valence-electron chi connectivity index (χ0n) is 37.9. The van der Waals surface area contributed by atoms with Crippen molar-refractivity contribution in [3.8, 4) is 55.6 Å². The molecule has 0 unspecified atom stereocenters. The van der Waals surface area contributed by atoms with Gasteiger partial charge < -0.3 is 0 Å². The smallest absolute Gasteiger partial charge is 0.0159 e. The molecular formula is C63H52S. The SMILES string of the molecule is C=CC1=C(/C=C\C)c2ccc(-c3c4ccc(-c5ccc6ccccc6c5)cc4c(-c4ccc5c(c4)C(C)(C)c4ccccc4-5)c4cc5c(cc34)-c3ccccc3S5(C)C)cc2C1(C)C. The van der Waals surface area contributed by atoms with Crippen LogP contribution in [-0.4, -0.2) is 12.5 Å². The van der Waals surface area contributed by atoms with E-state index in [4.69, 9.17) is 0 Å². The summed E-state index contributed by atoms with van der Waals surface area (Å²) in [6.45, 7) is 16.0. The fraction of sp³-hybridized carbons (Fsp3) is 0.143. The number of rotatable bonds is 5. The second-order valence-electron chi connectivity index (χ2n) is 19.6. The lowest BCUT2D eigenvalue weighted by Gasteiger charge is -2.29. The molecular weight excluding hydrogens is 789 g/mol. The molecule has 0 N–H and O–H groups in total. The Morgan fingerprint density at radius 1 is 0.438 bits per heavy atom. The minimum absolute atomic E-state index is 0.125. The summed E-state index contributed by atoms with van der Waals surface area (Å²) in [6.07, 6.45) is 11.5. The normalized spacial score (nSPS) is 16.5. The van der Waals surface area contributed by atoms with Gasteiger partial charge in [0, 0.05) is 20.6 Å². The third-order valence-electron chi connectivity index (χ3n) is 15.2. The van der Waals surface area contributed by atoms with Crippen LogP contribution in [0.25, 0.3) is 93.5 Å². The largest absolute Gasteiger partial charge is 0.192 e. The van der Waals surface area contributed by atoms with Gasteiger partial charge in [0.05, 0.1) is 0 Å². The van der Waals surface area contributed by atoms with Crippen LogP contribution in [0.5, 0.6) is 0 Å². The zero-order valence-corrected chi connectivity index (χ0v) is 38.7. The Morgan fingerprint density at radius 3 is 1.78 bits per heavy atom. The van der Waals surface area contributed by atoms with E-state index >= 15 is 0 Å². The van der Waals surface area contributed by atoms with Crippen LogP contribution in [0.15, 0.2) is 198 Å². The number of benzene rings is 9. The van der Waals surface area contributed by atoms with E-state index in [1.165, 1.54) is 131 Å². The standard InChI is InChI=1S/C63H52S/c1-9-17-44-46-29-27-42(34-56(46)62(3,4)54(44)10-2)60-49-31-26-41(40-25-24-38-18-11-12-19-39(38)32-40)33-51(49)61(43-28-30-47-45-20-13-15-22-55(45)63(5,6)57(47)35-43)53-37-59-50(36-52(53)60)48-21-14-16-23-58(48)64(59,7)8/h9-37H,2H2,1,3-8H3/b17-9-. The summed E-state index contributed by atoms with van der Waals surface area (Å²) in [6, 6.07) is 60.9. The Hall–Kier alpha value is -6.67. The van der Waals surface area contributed by atoms with Crippen molar-refractivity contribution < 1.29 is 0 Å². The fourth-order valence-corrected chi connectivity index (χ4v) is 14.5. The molecule has 2 aliphatic carbocycles. The summed E-state index contributed by atoms with van der Waals surface area (Å²) in [5.41, 5.74) is 20.7. The number of hydrogen-bond donors (Lipinski definition) is 0. The molecule has 9 aromatic carbocycles. The van der Waals surface area contributed by atoms with Crippen LogP contribution >= 0.6 is 10.0 Å². The maximum atomic E-state index is 4.32. The highest BCUT2D eigenvalue weighted by Crippen LogP contribution is 2.68. The quantitative estimate of drug-likeness (QED) is 0.151. The van der Waals surface area contributed by atoms with Gasteiger partial charge in [-0.3, -0.25) is 0 Å². The van der Waals surface area contributed by atoms with Gasteiger partial charge in [0.2, 0.25) is 0 Å². The Morgan fingerprint density at radius 2 is 1.02 bits per heavy atom. The number of fused-ring (bicyclic) bond motifs is 10. The van der Waals surface area contributed by atoms with Crippen LogP contribution in [0.2, 0.25) is 0 Å². The van der Waals surface area contributed by atoms with Crippen LogP contribution in [0, 0.1) is 0 Å². The molecule has 1 heterocycles. The highest BCUT2D eigenvalue weighted by Gasteiger charge is 2.38. The van der Waals surface area contributed by atoms with Crippen molar-refractivity contribution in [1.82, 2.24) is 0 Å². The van der Waals surface area contributed by atoms with Crippen molar-refractivity contribution in [2.75, 3.05) is 12.5 Å². The highest BCUT2D eigenvalue weighted by molar-refractivity contribution is 8.33. The van der Waals surface area contributed by atoms with Crippen molar-refractivity contribution >= 4 is 47.9 Å². The monoisotopic (exact) mass is 840 g/mol. The van der Waals surface area contributed by atoms with Gasteiger partial charge in [0.25, 0.3) is 0 Å². The molecule has 0 saturated heterocycles. The van der Waals surface area contributed by atoms with Gasteiger partial charge in [-0.15, -0.1) is 0 Å². The summed E-state index contributed by atoms with van der Waals surface area (Å²) in [5, 5.41) is 7.69. The zero-order chi connectivity index (χ0) is 43.9. The van der Waals surface area contributed by atoms with E-state index in [-0.39, 0.29) is 10.8 Å². The molecule has 9 aromatic rings. The first-order chi connectivity index (χ1) is 30.9.